The molecule has 11 nitrogen and oxygen atoms in total. The minimum absolute atomic E-state index is 0.000871. The van der Waals surface area contributed by atoms with Crippen LogP contribution in [-0.4, -0.2) is 45.5 Å². The molecule has 0 saturated heterocycles. The highest BCUT2D eigenvalue weighted by Gasteiger charge is 2.61. The van der Waals surface area contributed by atoms with Crippen LogP contribution >= 0.6 is 22.7 Å². The maximum atomic E-state index is 14.6. The predicted octanol–water partition coefficient (Wildman–Crippen LogP) is 9.30. The van der Waals surface area contributed by atoms with Crippen LogP contribution in [0.2, 0.25) is 0 Å². The SMILES string of the molecule is Cc1cc(C(F)(F)F)ccc1/C(=C/c1nc2c(s1)-c1sc(/C=C3\C(=O)C(=O)c4cc(C(F)(F)F)ccc43)nc1OC2(C(=O)OCc1ccccc1)C(=O)OCc1ccccc1)C(=O)C=O. The van der Waals surface area contributed by atoms with Crippen LogP contribution in [0.1, 0.15) is 65.0 Å². The lowest BCUT2D eigenvalue weighted by molar-refractivity contribution is -0.184. The van der Waals surface area contributed by atoms with E-state index in [4.69, 9.17) is 14.2 Å². The largest absolute Gasteiger partial charge is 0.457 e. The highest BCUT2D eigenvalue weighted by molar-refractivity contribution is 7.23. The van der Waals surface area contributed by atoms with E-state index in [2.05, 4.69) is 9.97 Å². The Hall–Kier alpha value is -7.38. The Morgan fingerprint density at radius 2 is 1.28 bits per heavy atom. The summed E-state index contributed by atoms with van der Waals surface area (Å²) in [6, 6.07) is 21.4. The lowest BCUT2D eigenvalue weighted by Crippen LogP contribution is -2.52. The lowest BCUT2D eigenvalue weighted by Gasteiger charge is -2.31. The van der Waals surface area contributed by atoms with Gasteiger partial charge in [0.2, 0.25) is 23.2 Å². The number of hydrogen-bond donors (Lipinski definition) is 0. The molecule has 2 aliphatic rings. The summed E-state index contributed by atoms with van der Waals surface area (Å²) in [6.45, 7) is 0.520. The van der Waals surface area contributed by atoms with Gasteiger partial charge < -0.3 is 14.2 Å². The molecule has 0 fully saturated rings. The average Bonchev–Trinajstić information content (AvgIpc) is 3.97. The second-order valence-corrected chi connectivity index (χ2v) is 16.4. The maximum Gasteiger partial charge on any atom is 0.416 e. The molecule has 0 radical (unpaired) electrons. The monoisotopic (exact) mass is 928 g/mol. The van der Waals surface area contributed by atoms with Crippen molar-refractivity contribution in [2.45, 2.75) is 38.1 Å². The standard InChI is InChI=1S/C46H26F6N2O9S2/c1-23-16-26(45(47,48)49)12-14-28(23)30(33(56)20-55)18-34-53-40-38(64-34)39-41(54-35(65-39)19-32-29-15-13-27(46(50,51)52)17-31(29)36(57)37(32)58)63-44(40,42(59)61-21-24-8-4-2-5-9-24)43(60)62-22-25-10-6-3-7-11-25/h2-20H,21-22H2,1H3/b30-18-,32-19-. The summed E-state index contributed by atoms with van der Waals surface area (Å²) >= 11 is 1.55. The molecular weight excluding hydrogens is 903 g/mol. The predicted molar refractivity (Wildman–Crippen MR) is 222 cm³/mol. The fourth-order valence-corrected chi connectivity index (χ4v) is 9.10. The first kappa shape index (κ1) is 44.2. The van der Waals surface area contributed by atoms with E-state index in [1.54, 1.807) is 60.7 Å². The molecule has 65 heavy (non-hydrogen) atoms. The smallest absolute Gasteiger partial charge is 0.416 e. The molecule has 19 heteroatoms. The van der Waals surface area contributed by atoms with Crippen molar-refractivity contribution in [1.29, 1.82) is 0 Å². The van der Waals surface area contributed by atoms with E-state index in [0.717, 1.165) is 59.1 Å². The Morgan fingerprint density at radius 1 is 0.708 bits per heavy atom. The number of hydrogen-bond acceptors (Lipinski definition) is 13. The van der Waals surface area contributed by atoms with Gasteiger partial charge in [0.1, 0.15) is 33.8 Å². The second kappa shape index (κ2) is 17.0. The van der Waals surface area contributed by atoms with Crippen molar-refractivity contribution in [3.05, 3.63) is 157 Å². The van der Waals surface area contributed by atoms with Crippen molar-refractivity contribution in [1.82, 2.24) is 9.97 Å². The maximum absolute atomic E-state index is 14.6. The molecule has 0 saturated carbocycles. The summed E-state index contributed by atoms with van der Waals surface area (Å²) in [4.78, 5) is 89.5. The molecule has 2 aromatic heterocycles. The first-order valence-electron chi connectivity index (χ1n) is 18.9. The van der Waals surface area contributed by atoms with Crippen molar-refractivity contribution in [2.75, 3.05) is 0 Å². The van der Waals surface area contributed by atoms with Crippen molar-refractivity contribution >= 4 is 81.5 Å². The Kier molecular flexibility index (Phi) is 11.5. The number of allylic oxidation sites excluding steroid dienone is 2. The number of aldehydes is 1. The topological polar surface area (TPSA) is 156 Å². The van der Waals surface area contributed by atoms with E-state index >= 15 is 0 Å². The van der Waals surface area contributed by atoms with Gasteiger partial charge in [-0.2, -0.15) is 26.3 Å². The Bertz CT molecular complexity index is 2970. The molecule has 6 aromatic rings. The molecule has 0 atom stereocenters. The van der Waals surface area contributed by atoms with Crippen LogP contribution in [-0.2, 0) is 64.6 Å². The Morgan fingerprint density at radius 3 is 1.85 bits per heavy atom. The zero-order valence-electron chi connectivity index (χ0n) is 33.0. The van der Waals surface area contributed by atoms with Gasteiger partial charge in [-0.15, -0.1) is 22.7 Å². The van der Waals surface area contributed by atoms with Gasteiger partial charge in [0, 0.05) is 16.7 Å². The molecule has 1 aliphatic heterocycles. The number of rotatable bonds is 11. The minimum Gasteiger partial charge on any atom is -0.457 e. The van der Waals surface area contributed by atoms with Crippen LogP contribution < -0.4 is 4.74 Å². The highest BCUT2D eigenvalue weighted by Crippen LogP contribution is 2.52. The number of halogens is 6. The van der Waals surface area contributed by atoms with Crippen molar-refractivity contribution in [3.63, 3.8) is 0 Å². The minimum atomic E-state index is -4.81. The number of thiazole rings is 2. The number of aryl methyl sites for hydroxylation is 1. The third-order valence-electron chi connectivity index (χ3n) is 10.1. The van der Waals surface area contributed by atoms with Gasteiger partial charge in [0.05, 0.1) is 16.0 Å². The lowest BCUT2D eigenvalue weighted by atomic mass is 9.95. The van der Waals surface area contributed by atoms with E-state index in [0.29, 0.717) is 23.3 Å². The molecule has 3 heterocycles. The highest BCUT2D eigenvalue weighted by atomic mass is 32.1. The molecule has 4 aromatic carbocycles. The summed E-state index contributed by atoms with van der Waals surface area (Å²) in [5.41, 5.74) is -5.92. The normalized spacial score (nSPS) is 14.9. The molecule has 8 rings (SSSR count). The van der Waals surface area contributed by atoms with Crippen LogP contribution in [0, 0.1) is 6.92 Å². The number of esters is 2. The number of ketones is 3. The molecule has 328 valence electrons. The first-order valence-corrected chi connectivity index (χ1v) is 20.6. The first-order chi connectivity index (χ1) is 30.9. The number of benzene rings is 4. The van der Waals surface area contributed by atoms with E-state index in [1.165, 1.54) is 6.92 Å². The van der Waals surface area contributed by atoms with Crippen LogP contribution in [0.4, 0.5) is 26.3 Å². The van der Waals surface area contributed by atoms with Crippen molar-refractivity contribution < 1.29 is 69.3 Å². The molecule has 0 unspecified atom stereocenters. The molecule has 0 N–H and O–H groups in total. The third-order valence-corrected chi connectivity index (χ3v) is 12.3. The fourth-order valence-electron chi connectivity index (χ4n) is 6.98. The van der Waals surface area contributed by atoms with Gasteiger partial charge >= 0.3 is 29.9 Å². The number of carbonyl (C=O) groups excluding carboxylic acids is 6. The van der Waals surface area contributed by atoms with Gasteiger partial charge in [0.15, 0.2) is 6.29 Å². The summed E-state index contributed by atoms with van der Waals surface area (Å²) in [6.07, 6.45) is -7.38. The summed E-state index contributed by atoms with van der Waals surface area (Å²) in [7, 11) is 0. The van der Waals surface area contributed by atoms with E-state index in [1.807, 2.05) is 0 Å². The van der Waals surface area contributed by atoms with E-state index in [-0.39, 0.29) is 61.5 Å². The van der Waals surface area contributed by atoms with Gasteiger partial charge in [-0.1, -0.05) is 72.8 Å². The summed E-state index contributed by atoms with van der Waals surface area (Å²) in [5.74, 6) is -6.56. The number of fused-ring (bicyclic) bond motifs is 4. The molecule has 1 aliphatic carbocycles. The molecule has 0 spiro atoms. The number of nitrogens with zero attached hydrogens (tertiary/aromatic N) is 2. The molecule has 0 amide bonds. The van der Waals surface area contributed by atoms with Crippen LogP contribution in [0.15, 0.2) is 97.1 Å². The van der Waals surface area contributed by atoms with E-state index in [9.17, 15) is 55.1 Å². The zero-order chi connectivity index (χ0) is 46.4. The van der Waals surface area contributed by atoms with Crippen molar-refractivity contribution in [2.24, 2.45) is 0 Å². The number of carbonyl (C=O) groups is 6. The van der Waals surface area contributed by atoms with Crippen LogP contribution in [0.3, 0.4) is 0 Å². The zero-order valence-corrected chi connectivity index (χ0v) is 34.7. The van der Waals surface area contributed by atoms with Gasteiger partial charge in [0.25, 0.3) is 0 Å². The number of Topliss-reactive ketones (excluding diaryl/α,β-unsaturated/α-hetero) is 3. The summed E-state index contributed by atoms with van der Waals surface area (Å²) < 4.78 is 99.0. The van der Waals surface area contributed by atoms with Crippen LogP contribution in [0.5, 0.6) is 5.88 Å². The quantitative estimate of drug-likeness (QED) is 0.0305. The molecular formula is C46H26F6N2O9S2. The van der Waals surface area contributed by atoms with Gasteiger partial charge in [-0.3, -0.25) is 19.2 Å². The third kappa shape index (κ3) is 8.42. The molecule has 0 bridgehead atoms. The fraction of sp³-hybridized carbons (Fsp3) is 0.130. The summed E-state index contributed by atoms with van der Waals surface area (Å²) in [5, 5.41) is -0.245. The average molecular weight is 929 g/mol. The van der Waals surface area contributed by atoms with Crippen molar-refractivity contribution in [3.8, 4) is 15.6 Å². The Labute approximate surface area is 370 Å². The van der Waals surface area contributed by atoms with Gasteiger partial charge in [-0.05, 0) is 71.2 Å². The van der Waals surface area contributed by atoms with E-state index < -0.39 is 81.1 Å². The van der Waals surface area contributed by atoms with Crippen LogP contribution in [0.25, 0.3) is 33.1 Å². The number of aromatic nitrogens is 2. The number of alkyl halides is 6. The Balaban J connectivity index is 1.30. The second-order valence-electron chi connectivity index (χ2n) is 14.4. The van der Waals surface area contributed by atoms with Gasteiger partial charge in [-0.25, -0.2) is 19.6 Å². The number of ether oxygens (including phenoxy) is 3.